The number of nitrogens with zero attached hydrogens (tertiary/aromatic N) is 2. The molecule has 0 saturated heterocycles. The molecule has 398 valence electrons. The number of hydrogen-bond acceptors (Lipinski definition) is 4. The third-order valence-corrected chi connectivity index (χ3v) is 17.7. The first kappa shape index (κ1) is 51.3. The second-order valence-electron chi connectivity index (χ2n) is 24.0. The smallest absolute Gasteiger partial charge is 0.119 e. The van der Waals surface area contributed by atoms with E-state index < -0.39 is 0 Å². The monoisotopic (exact) mass is 1050 g/mol. The van der Waals surface area contributed by atoms with E-state index >= 15 is 0 Å². The topological polar surface area (TPSA) is 24.9 Å². The van der Waals surface area contributed by atoms with Crippen molar-refractivity contribution in [3.8, 4) is 44.9 Å². The molecule has 3 aliphatic carbocycles. The third kappa shape index (κ3) is 8.85. The Morgan fingerprint density at radius 1 is 0.284 bits per heavy atom. The van der Waals surface area contributed by atoms with Crippen LogP contribution in [0.5, 0.6) is 11.5 Å². The highest BCUT2D eigenvalue weighted by Gasteiger charge is 2.39. The maximum absolute atomic E-state index is 5.53. The summed E-state index contributed by atoms with van der Waals surface area (Å²) in [6, 6.07) is 76.2. The van der Waals surface area contributed by atoms with Crippen molar-refractivity contribution >= 4 is 58.4 Å². The summed E-state index contributed by atoms with van der Waals surface area (Å²) in [7, 11) is 3.43. The van der Waals surface area contributed by atoms with Crippen LogP contribution in [0, 0.1) is 13.8 Å². The molecular formula is C77H68N2O2. The molecule has 0 amide bonds. The lowest BCUT2D eigenvalue weighted by Crippen LogP contribution is -2.16. The maximum atomic E-state index is 5.53. The van der Waals surface area contributed by atoms with Gasteiger partial charge in [0.25, 0.3) is 0 Å². The van der Waals surface area contributed by atoms with Crippen LogP contribution in [0.1, 0.15) is 108 Å². The van der Waals surface area contributed by atoms with Crippen LogP contribution in [0.25, 0.3) is 57.7 Å². The molecule has 0 atom stereocenters. The van der Waals surface area contributed by atoms with Gasteiger partial charge in [-0.2, -0.15) is 0 Å². The largest absolute Gasteiger partial charge is 0.497 e. The zero-order chi connectivity index (χ0) is 56.0. The van der Waals surface area contributed by atoms with Crippen LogP contribution in [0.15, 0.2) is 206 Å². The van der Waals surface area contributed by atoms with Gasteiger partial charge in [-0.05, 0) is 211 Å². The van der Waals surface area contributed by atoms with Gasteiger partial charge in [-0.25, -0.2) is 0 Å². The van der Waals surface area contributed by atoms with E-state index in [-0.39, 0.29) is 16.2 Å². The van der Waals surface area contributed by atoms with Crippen LogP contribution in [0.2, 0.25) is 0 Å². The van der Waals surface area contributed by atoms with Gasteiger partial charge in [-0.15, -0.1) is 0 Å². The second kappa shape index (κ2) is 19.6. The summed E-state index contributed by atoms with van der Waals surface area (Å²) < 4.78 is 11.1. The Balaban J connectivity index is 0.729. The molecule has 0 unspecified atom stereocenters. The lowest BCUT2D eigenvalue weighted by molar-refractivity contribution is 0.414. The van der Waals surface area contributed by atoms with Gasteiger partial charge in [0, 0.05) is 50.4 Å². The van der Waals surface area contributed by atoms with Crippen molar-refractivity contribution in [2.75, 3.05) is 24.0 Å². The van der Waals surface area contributed by atoms with Crippen molar-refractivity contribution < 1.29 is 9.47 Å². The van der Waals surface area contributed by atoms with Gasteiger partial charge >= 0.3 is 0 Å². The van der Waals surface area contributed by atoms with Gasteiger partial charge in [-0.1, -0.05) is 175 Å². The Bertz CT molecular complexity index is 3920. The Morgan fingerprint density at radius 3 is 0.827 bits per heavy atom. The van der Waals surface area contributed by atoms with Crippen molar-refractivity contribution in [2.45, 2.75) is 71.6 Å². The lowest BCUT2D eigenvalue weighted by atomic mass is 9.81. The molecule has 0 spiro atoms. The normalized spacial score (nSPS) is 14.5. The molecule has 0 heterocycles. The number of fused-ring (bicyclic) bond motifs is 9. The van der Waals surface area contributed by atoms with Crippen LogP contribution in [-0.4, -0.2) is 14.2 Å². The molecule has 10 aromatic rings. The van der Waals surface area contributed by atoms with Gasteiger partial charge in [-0.3, -0.25) is 0 Å². The van der Waals surface area contributed by atoms with E-state index in [2.05, 4.69) is 271 Å². The van der Waals surface area contributed by atoms with Crippen LogP contribution in [-0.2, 0) is 16.2 Å². The summed E-state index contributed by atoms with van der Waals surface area (Å²) in [5.41, 5.74) is 29.4. The Labute approximate surface area is 478 Å². The minimum Gasteiger partial charge on any atom is -0.497 e. The summed E-state index contributed by atoms with van der Waals surface area (Å²) in [5.74, 6) is 1.69. The van der Waals surface area contributed by atoms with Crippen molar-refractivity contribution in [3.05, 3.63) is 273 Å². The quantitative estimate of drug-likeness (QED) is 0.114. The van der Waals surface area contributed by atoms with Crippen LogP contribution in [0.3, 0.4) is 0 Å². The number of ether oxygens (including phenoxy) is 2. The second-order valence-corrected chi connectivity index (χ2v) is 24.0. The van der Waals surface area contributed by atoms with E-state index in [1.165, 1.54) is 100 Å². The first-order valence-corrected chi connectivity index (χ1v) is 28.4. The number of aryl methyl sites for hydroxylation is 2. The molecule has 4 nitrogen and oxygen atoms in total. The summed E-state index contributed by atoms with van der Waals surface area (Å²) in [4.78, 5) is 4.70. The Hall–Kier alpha value is -9.12. The van der Waals surface area contributed by atoms with E-state index in [0.717, 1.165) is 45.6 Å². The van der Waals surface area contributed by atoms with E-state index in [9.17, 15) is 0 Å². The zero-order valence-electron chi connectivity index (χ0n) is 48.2. The maximum Gasteiger partial charge on any atom is 0.119 e. The molecule has 0 radical (unpaired) electrons. The summed E-state index contributed by atoms with van der Waals surface area (Å²) >= 11 is 0. The van der Waals surface area contributed by atoms with E-state index in [1.807, 2.05) is 24.3 Å². The van der Waals surface area contributed by atoms with Crippen molar-refractivity contribution in [2.24, 2.45) is 0 Å². The molecule has 0 N–H and O–H groups in total. The standard InChI is InChI=1S/C77H68N2O2/c1-49-13-11-15-57(41-49)78(55-25-31-61(80-9)32-26-55)59-29-39-67-65-37-23-53(45-71(65)76(5,6)73(67)47-59)19-17-51-21-35-63-64-36-22-52(44-70(64)75(3,4)69(63)43-51)18-20-54-24-38-66-68-40-30-60(48-74(68)77(7,8)72(66)46-54)79(58-16-12-14-50(2)42-58)56-27-33-62(81-10)34-28-56/h11-48H,1-10H3. The predicted octanol–water partition coefficient (Wildman–Crippen LogP) is 20.5. The summed E-state index contributed by atoms with van der Waals surface area (Å²) in [6.45, 7) is 18.5. The lowest BCUT2D eigenvalue weighted by Gasteiger charge is -2.28. The van der Waals surface area contributed by atoms with Crippen molar-refractivity contribution in [1.29, 1.82) is 0 Å². The molecule has 0 fully saturated rings. The van der Waals surface area contributed by atoms with Crippen molar-refractivity contribution in [3.63, 3.8) is 0 Å². The molecule has 10 aromatic carbocycles. The third-order valence-electron chi connectivity index (χ3n) is 17.7. The molecule has 0 aliphatic heterocycles. The van der Waals surface area contributed by atoms with Crippen LogP contribution in [0.4, 0.5) is 34.1 Å². The number of hydrogen-bond donors (Lipinski definition) is 0. The molecular weight excluding hydrogens is 985 g/mol. The summed E-state index contributed by atoms with van der Waals surface area (Å²) in [6.07, 6.45) is 9.14. The summed E-state index contributed by atoms with van der Waals surface area (Å²) in [5, 5.41) is 0. The van der Waals surface area contributed by atoms with Crippen LogP contribution >= 0.6 is 0 Å². The van der Waals surface area contributed by atoms with Gasteiger partial charge in [0.1, 0.15) is 11.5 Å². The molecule has 3 aliphatic rings. The number of methoxy groups -OCH3 is 2. The molecule has 81 heavy (non-hydrogen) atoms. The average molecular weight is 1050 g/mol. The van der Waals surface area contributed by atoms with Gasteiger partial charge in [0.2, 0.25) is 0 Å². The van der Waals surface area contributed by atoms with Gasteiger partial charge < -0.3 is 19.3 Å². The fraction of sp³-hybridized carbons (Fsp3) is 0.169. The number of benzene rings is 10. The highest BCUT2D eigenvalue weighted by molar-refractivity contribution is 5.90. The SMILES string of the molecule is COc1ccc(N(c2cccc(C)c2)c2ccc3c(c2)C(C)(C)c2cc(C=Cc4ccc5c(c4)C(C)(C)c4cc(C=Cc6ccc7c(c6)C(C)(C)c6cc(N(c8ccc(OC)cc8)c8cccc(C)c8)ccc6-7)ccc4-5)ccc2-3)cc1. The van der Waals surface area contributed by atoms with Gasteiger partial charge in [0.15, 0.2) is 0 Å². The fourth-order valence-corrected chi connectivity index (χ4v) is 13.2. The number of anilines is 6. The zero-order valence-corrected chi connectivity index (χ0v) is 48.2. The molecule has 4 heteroatoms. The van der Waals surface area contributed by atoms with E-state index in [0.29, 0.717) is 0 Å². The van der Waals surface area contributed by atoms with E-state index in [1.54, 1.807) is 14.2 Å². The molecule has 0 bridgehead atoms. The molecule has 13 rings (SSSR count). The predicted molar refractivity (Wildman–Crippen MR) is 342 cm³/mol. The highest BCUT2D eigenvalue weighted by Crippen LogP contribution is 2.54. The average Bonchev–Trinajstić information content (AvgIpc) is 3.44. The Morgan fingerprint density at radius 2 is 0.543 bits per heavy atom. The van der Waals surface area contributed by atoms with E-state index in [4.69, 9.17) is 9.47 Å². The minimum atomic E-state index is -0.193. The first-order valence-electron chi connectivity index (χ1n) is 28.4. The minimum absolute atomic E-state index is 0.159. The van der Waals surface area contributed by atoms with Crippen LogP contribution < -0.4 is 19.3 Å². The number of rotatable bonds is 12. The molecule has 0 saturated carbocycles. The highest BCUT2D eigenvalue weighted by atomic mass is 16.5. The fourth-order valence-electron chi connectivity index (χ4n) is 13.2. The van der Waals surface area contributed by atoms with Gasteiger partial charge in [0.05, 0.1) is 14.2 Å². The Kier molecular flexibility index (Phi) is 12.4. The van der Waals surface area contributed by atoms with Crippen molar-refractivity contribution in [1.82, 2.24) is 0 Å². The molecule has 0 aromatic heterocycles. The first-order chi connectivity index (χ1) is 39.1.